The molecule has 2 heteroatoms. The second-order valence-corrected chi connectivity index (χ2v) is 4.82. The third-order valence-electron chi connectivity index (χ3n) is 3.77. The average Bonchev–Trinajstić information content (AvgIpc) is 2.01. The molecule has 1 saturated carbocycles. The molecule has 0 bridgehead atoms. The van der Waals surface area contributed by atoms with Gasteiger partial charge in [0.25, 0.3) is 0 Å². The largest absolute Gasteiger partial charge is 0.359 e. The molecule has 76 valence electrons. The van der Waals surface area contributed by atoms with Gasteiger partial charge >= 0.3 is 0 Å². The van der Waals surface area contributed by atoms with Gasteiger partial charge in [-0.3, -0.25) is 4.79 Å². The van der Waals surface area contributed by atoms with Crippen molar-refractivity contribution in [3.8, 4) is 0 Å². The number of nitrogens with one attached hydrogen (secondary N) is 1. The average molecular weight is 183 g/mol. The summed E-state index contributed by atoms with van der Waals surface area (Å²) in [5.41, 5.74) is 0.421. The van der Waals surface area contributed by atoms with Crippen LogP contribution in [0.15, 0.2) is 0 Å². The van der Waals surface area contributed by atoms with Gasteiger partial charge in [-0.2, -0.15) is 0 Å². The van der Waals surface area contributed by atoms with Crippen molar-refractivity contribution in [3.05, 3.63) is 0 Å². The number of hydrogen-bond donors (Lipinski definition) is 1. The lowest BCUT2D eigenvalue weighted by molar-refractivity contribution is -0.130. The maximum Gasteiger partial charge on any atom is 0.222 e. The van der Waals surface area contributed by atoms with Crippen molar-refractivity contribution >= 4 is 5.91 Å². The van der Waals surface area contributed by atoms with E-state index in [1.54, 1.807) is 7.05 Å². The highest BCUT2D eigenvalue weighted by atomic mass is 16.1. The van der Waals surface area contributed by atoms with Gasteiger partial charge in [-0.15, -0.1) is 0 Å². The van der Waals surface area contributed by atoms with Crippen LogP contribution >= 0.6 is 0 Å². The lowest BCUT2D eigenvalue weighted by Gasteiger charge is -2.44. The zero-order valence-electron chi connectivity index (χ0n) is 9.18. The smallest absolute Gasteiger partial charge is 0.222 e. The molecule has 1 aliphatic carbocycles. The number of rotatable bonds is 3. The molecule has 1 rings (SSSR count). The van der Waals surface area contributed by atoms with Gasteiger partial charge in [-0.05, 0) is 24.2 Å². The van der Waals surface area contributed by atoms with Crippen LogP contribution in [0, 0.1) is 17.3 Å². The number of carbonyl (C=O) groups excluding carboxylic acids is 1. The molecule has 1 aliphatic rings. The zero-order chi connectivity index (χ0) is 10.1. The quantitative estimate of drug-likeness (QED) is 0.714. The van der Waals surface area contributed by atoms with E-state index in [2.05, 4.69) is 26.1 Å². The molecule has 0 aromatic rings. The highest BCUT2D eigenvalue weighted by Gasteiger charge is 2.41. The molecule has 0 saturated heterocycles. The Bertz CT molecular complexity index is 192. The Morgan fingerprint density at radius 1 is 1.46 bits per heavy atom. The van der Waals surface area contributed by atoms with Crippen molar-refractivity contribution in [2.24, 2.45) is 17.3 Å². The summed E-state index contributed by atoms with van der Waals surface area (Å²) in [6, 6.07) is 0. The molecule has 2 nitrogen and oxygen atoms in total. The number of hydrogen-bond acceptors (Lipinski definition) is 1. The Hall–Kier alpha value is -0.530. The number of carbonyl (C=O) groups is 1. The second kappa shape index (κ2) is 3.69. The third kappa shape index (κ3) is 2.04. The molecule has 1 N–H and O–H groups in total. The molecule has 0 aliphatic heterocycles. The van der Waals surface area contributed by atoms with Crippen LogP contribution in [-0.4, -0.2) is 13.0 Å². The second-order valence-electron chi connectivity index (χ2n) is 4.82. The van der Waals surface area contributed by atoms with Crippen LogP contribution in [0.25, 0.3) is 0 Å². The van der Waals surface area contributed by atoms with E-state index in [9.17, 15) is 4.79 Å². The standard InChI is InChI=1S/C11H21NO/c1-5-11(2,3)9-6-8(7-9)10(13)12-4/h8-9H,5-7H2,1-4H3,(H,12,13). The Morgan fingerprint density at radius 2 is 2.00 bits per heavy atom. The fraction of sp³-hybridized carbons (Fsp3) is 0.909. The highest BCUT2D eigenvalue weighted by Crippen LogP contribution is 2.47. The highest BCUT2D eigenvalue weighted by molar-refractivity contribution is 5.79. The van der Waals surface area contributed by atoms with Crippen LogP contribution in [0.4, 0.5) is 0 Å². The van der Waals surface area contributed by atoms with E-state index in [4.69, 9.17) is 0 Å². The van der Waals surface area contributed by atoms with Crippen molar-refractivity contribution in [3.63, 3.8) is 0 Å². The van der Waals surface area contributed by atoms with E-state index in [1.165, 1.54) is 6.42 Å². The van der Waals surface area contributed by atoms with E-state index < -0.39 is 0 Å². The van der Waals surface area contributed by atoms with Crippen molar-refractivity contribution in [1.29, 1.82) is 0 Å². The summed E-state index contributed by atoms with van der Waals surface area (Å²) in [5, 5.41) is 2.72. The minimum Gasteiger partial charge on any atom is -0.359 e. The van der Waals surface area contributed by atoms with Gasteiger partial charge in [0.05, 0.1) is 0 Å². The number of amides is 1. The summed E-state index contributed by atoms with van der Waals surface area (Å²) in [4.78, 5) is 11.2. The molecule has 0 radical (unpaired) electrons. The van der Waals surface area contributed by atoms with Gasteiger partial charge in [0, 0.05) is 13.0 Å². The van der Waals surface area contributed by atoms with Crippen LogP contribution in [0.5, 0.6) is 0 Å². The van der Waals surface area contributed by atoms with Gasteiger partial charge in [0.1, 0.15) is 0 Å². The monoisotopic (exact) mass is 183 g/mol. The van der Waals surface area contributed by atoms with Crippen molar-refractivity contribution in [2.45, 2.75) is 40.0 Å². The summed E-state index contributed by atoms with van der Waals surface area (Å²) < 4.78 is 0. The van der Waals surface area contributed by atoms with E-state index in [0.717, 1.165) is 18.8 Å². The molecular formula is C11H21NO. The first-order valence-electron chi connectivity index (χ1n) is 5.23. The van der Waals surface area contributed by atoms with Gasteiger partial charge in [0.15, 0.2) is 0 Å². The van der Waals surface area contributed by atoms with Gasteiger partial charge < -0.3 is 5.32 Å². The molecule has 13 heavy (non-hydrogen) atoms. The maximum absolute atomic E-state index is 11.2. The first kappa shape index (κ1) is 10.6. The zero-order valence-corrected chi connectivity index (χ0v) is 9.18. The van der Waals surface area contributed by atoms with E-state index in [0.29, 0.717) is 11.3 Å². The lowest BCUT2D eigenvalue weighted by Crippen LogP contribution is -2.42. The normalized spacial score (nSPS) is 28.0. The Labute approximate surface area is 81.1 Å². The van der Waals surface area contributed by atoms with Crippen LogP contribution in [0.2, 0.25) is 0 Å². The Balaban J connectivity index is 2.37. The molecule has 0 aromatic heterocycles. The van der Waals surface area contributed by atoms with Gasteiger partial charge in [-0.25, -0.2) is 0 Å². The van der Waals surface area contributed by atoms with Crippen molar-refractivity contribution < 1.29 is 4.79 Å². The topological polar surface area (TPSA) is 29.1 Å². The van der Waals surface area contributed by atoms with Crippen LogP contribution in [0.3, 0.4) is 0 Å². The van der Waals surface area contributed by atoms with Crippen LogP contribution in [0.1, 0.15) is 40.0 Å². The van der Waals surface area contributed by atoms with Gasteiger partial charge in [-0.1, -0.05) is 27.2 Å². The minimum atomic E-state index is 0.225. The van der Waals surface area contributed by atoms with Gasteiger partial charge in [0.2, 0.25) is 5.91 Å². The summed E-state index contributed by atoms with van der Waals surface area (Å²) in [6.45, 7) is 6.84. The van der Waals surface area contributed by atoms with Crippen LogP contribution in [-0.2, 0) is 4.79 Å². The van der Waals surface area contributed by atoms with Crippen LogP contribution < -0.4 is 5.32 Å². The first-order valence-corrected chi connectivity index (χ1v) is 5.23. The molecule has 1 amide bonds. The molecule has 1 fully saturated rings. The van der Waals surface area contributed by atoms with E-state index in [-0.39, 0.29) is 5.91 Å². The first-order chi connectivity index (χ1) is 6.01. The maximum atomic E-state index is 11.2. The van der Waals surface area contributed by atoms with E-state index >= 15 is 0 Å². The predicted molar refractivity (Wildman–Crippen MR) is 54.4 cm³/mol. The molecule has 0 heterocycles. The summed E-state index contributed by atoms with van der Waals surface area (Å²) >= 11 is 0. The molecule has 0 aromatic carbocycles. The summed E-state index contributed by atoms with van der Waals surface area (Å²) in [5.74, 6) is 1.27. The fourth-order valence-electron chi connectivity index (χ4n) is 1.96. The molecule has 0 spiro atoms. The Kier molecular flexibility index (Phi) is 2.99. The fourth-order valence-corrected chi connectivity index (χ4v) is 1.96. The predicted octanol–water partition coefficient (Wildman–Crippen LogP) is 2.19. The lowest BCUT2D eigenvalue weighted by atomic mass is 9.61. The molecular weight excluding hydrogens is 162 g/mol. The molecule has 0 atom stereocenters. The summed E-state index contributed by atoms with van der Waals surface area (Å²) in [7, 11) is 1.72. The minimum absolute atomic E-state index is 0.225. The Morgan fingerprint density at radius 3 is 2.38 bits per heavy atom. The molecule has 0 unspecified atom stereocenters. The van der Waals surface area contributed by atoms with Crippen molar-refractivity contribution in [2.75, 3.05) is 7.05 Å². The summed E-state index contributed by atoms with van der Waals surface area (Å²) in [6.07, 6.45) is 3.37. The third-order valence-corrected chi connectivity index (χ3v) is 3.77. The van der Waals surface area contributed by atoms with E-state index in [1.807, 2.05) is 0 Å². The SMILES string of the molecule is CCC(C)(C)C1CC(C(=O)NC)C1. The van der Waals surface area contributed by atoms with Crippen molar-refractivity contribution in [1.82, 2.24) is 5.32 Å².